The quantitative estimate of drug-likeness (QED) is 0.384. The second kappa shape index (κ2) is 5.99. The first-order chi connectivity index (χ1) is 9.90. The number of amidine groups is 1. The minimum absolute atomic E-state index is 0.0193. The molecule has 2 aromatic rings. The number of nitrogens with one attached hydrogen (secondary N) is 1. The van der Waals surface area contributed by atoms with Crippen LogP contribution in [0.3, 0.4) is 0 Å². The molecule has 0 bridgehead atoms. The first-order valence-corrected chi connectivity index (χ1v) is 6.40. The Morgan fingerprint density at radius 1 is 1.24 bits per heavy atom. The van der Waals surface area contributed by atoms with E-state index in [-0.39, 0.29) is 38.6 Å². The Morgan fingerprint density at radius 3 is 2.57 bits per heavy atom. The summed E-state index contributed by atoms with van der Waals surface area (Å²) < 4.78 is 5.49. The van der Waals surface area contributed by atoms with Gasteiger partial charge in [-0.05, 0) is 24.3 Å². The van der Waals surface area contributed by atoms with Gasteiger partial charge in [0.1, 0.15) is 11.6 Å². The summed E-state index contributed by atoms with van der Waals surface area (Å²) in [7, 11) is 0. The van der Waals surface area contributed by atoms with Crippen LogP contribution in [0.2, 0.25) is 10.0 Å². The van der Waals surface area contributed by atoms with Gasteiger partial charge in [-0.2, -0.15) is 0 Å². The van der Waals surface area contributed by atoms with Crippen molar-refractivity contribution in [3.63, 3.8) is 0 Å². The fourth-order valence-electron chi connectivity index (χ4n) is 1.69. The second-order valence-corrected chi connectivity index (χ2v) is 4.84. The van der Waals surface area contributed by atoms with Gasteiger partial charge >= 0.3 is 5.69 Å². The fraction of sp³-hybridized carbons (Fsp3) is 0. The number of halogens is 2. The molecule has 0 saturated heterocycles. The number of rotatable bonds is 4. The lowest BCUT2D eigenvalue weighted by molar-refractivity contribution is -0.385. The van der Waals surface area contributed by atoms with E-state index in [4.69, 9.17) is 39.1 Å². The standard InChI is InChI=1S/C13H9Cl2N3O3/c14-7-4-5-10(9(6-7)18(19)20)21-11-3-1-2-8(15)12(11)13(16)17/h1-6H,(H3,16,17). The zero-order chi connectivity index (χ0) is 15.6. The van der Waals surface area contributed by atoms with Crippen LogP contribution >= 0.6 is 23.2 Å². The molecule has 0 aliphatic rings. The number of nitro groups is 1. The van der Waals surface area contributed by atoms with E-state index < -0.39 is 4.92 Å². The maximum absolute atomic E-state index is 11.0. The van der Waals surface area contributed by atoms with E-state index in [9.17, 15) is 10.1 Å². The van der Waals surface area contributed by atoms with E-state index in [2.05, 4.69) is 0 Å². The van der Waals surface area contributed by atoms with Crippen molar-refractivity contribution in [2.75, 3.05) is 0 Å². The van der Waals surface area contributed by atoms with Gasteiger partial charge in [-0.1, -0.05) is 29.3 Å². The maximum Gasteiger partial charge on any atom is 0.313 e. The van der Waals surface area contributed by atoms with Crippen molar-refractivity contribution in [3.8, 4) is 11.5 Å². The number of benzene rings is 2. The van der Waals surface area contributed by atoms with Crippen molar-refractivity contribution < 1.29 is 9.66 Å². The normalized spacial score (nSPS) is 10.2. The molecule has 0 atom stereocenters. The Bertz CT molecular complexity index is 735. The van der Waals surface area contributed by atoms with E-state index >= 15 is 0 Å². The average Bonchev–Trinajstić information content (AvgIpc) is 2.40. The Hall–Kier alpha value is -2.31. The van der Waals surface area contributed by atoms with Crippen LogP contribution in [0.25, 0.3) is 0 Å². The second-order valence-electron chi connectivity index (χ2n) is 4.00. The monoisotopic (exact) mass is 325 g/mol. The molecule has 8 heteroatoms. The number of ether oxygens (including phenoxy) is 1. The molecular formula is C13H9Cl2N3O3. The smallest absolute Gasteiger partial charge is 0.313 e. The molecule has 2 aromatic carbocycles. The highest BCUT2D eigenvalue weighted by molar-refractivity contribution is 6.34. The molecule has 0 aliphatic carbocycles. The molecular weight excluding hydrogens is 317 g/mol. The van der Waals surface area contributed by atoms with Crippen LogP contribution in [0.1, 0.15) is 5.56 Å². The van der Waals surface area contributed by atoms with Crippen LogP contribution in [0.5, 0.6) is 11.5 Å². The van der Waals surface area contributed by atoms with Crippen molar-refractivity contribution in [1.82, 2.24) is 0 Å². The maximum atomic E-state index is 11.0. The highest BCUT2D eigenvalue weighted by Gasteiger charge is 2.19. The number of nitrogens with zero attached hydrogens (tertiary/aromatic N) is 1. The molecule has 0 spiro atoms. The molecule has 0 unspecified atom stereocenters. The number of nitrogens with two attached hydrogens (primary N) is 1. The van der Waals surface area contributed by atoms with Crippen molar-refractivity contribution in [1.29, 1.82) is 5.41 Å². The molecule has 0 heterocycles. The fourth-order valence-corrected chi connectivity index (χ4v) is 2.12. The van der Waals surface area contributed by atoms with Crippen molar-refractivity contribution >= 4 is 34.7 Å². The van der Waals surface area contributed by atoms with Crippen LogP contribution in [0, 0.1) is 15.5 Å². The Labute approximate surface area is 129 Å². The highest BCUT2D eigenvalue weighted by atomic mass is 35.5. The molecule has 3 N–H and O–H groups in total. The molecule has 0 aromatic heterocycles. The molecule has 108 valence electrons. The number of hydrogen-bond donors (Lipinski definition) is 2. The van der Waals surface area contributed by atoms with Gasteiger partial charge in [0.25, 0.3) is 0 Å². The van der Waals surface area contributed by atoms with Gasteiger partial charge in [0.15, 0.2) is 0 Å². The number of nitrogen functional groups attached to an aromatic ring is 1. The number of hydrogen-bond acceptors (Lipinski definition) is 4. The van der Waals surface area contributed by atoms with Gasteiger partial charge in [0.05, 0.1) is 15.5 Å². The summed E-state index contributed by atoms with van der Waals surface area (Å²) in [6, 6.07) is 8.65. The topological polar surface area (TPSA) is 102 Å². The third-order valence-electron chi connectivity index (χ3n) is 2.58. The number of nitro benzene ring substituents is 1. The Kier molecular flexibility index (Phi) is 4.30. The van der Waals surface area contributed by atoms with Crippen LogP contribution in [0.15, 0.2) is 36.4 Å². The summed E-state index contributed by atoms with van der Waals surface area (Å²) >= 11 is 11.7. The summed E-state index contributed by atoms with van der Waals surface area (Å²) in [5.41, 5.74) is 5.33. The van der Waals surface area contributed by atoms with Gasteiger partial charge in [-0.25, -0.2) is 0 Å². The molecule has 21 heavy (non-hydrogen) atoms. The Morgan fingerprint density at radius 2 is 1.95 bits per heavy atom. The van der Waals surface area contributed by atoms with E-state index in [0.717, 1.165) is 0 Å². The predicted octanol–water partition coefficient (Wildman–Crippen LogP) is 3.98. The highest BCUT2D eigenvalue weighted by Crippen LogP contribution is 2.36. The summed E-state index contributed by atoms with van der Waals surface area (Å²) in [6.45, 7) is 0. The summed E-state index contributed by atoms with van der Waals surface area (Å²) in [5.74, 6) is -0.165. The predicted molar refractivity (Wildman–Crippen MR) is 80.6 cm³/mol. The largest absolute Gasteiger partial charge is 0.449 e. The molecule has 6 nitrogen and oxygen atoms in total. The minimum atomic E-state index is -0.612. The van der Waals surface area contributed by atoms with Crippen molar-refractivity contribution in [2.24, 2.45) is 5.73 Å². The van der Waals surface area contributed by atoms with E-state index in [1.54, 1.807) is 12.1 Å². The first-order valence-electron chi connectivity index (χ1n) is 5.65. The molecule has 2 rings (SSSR count). The lowest BCUT2D eigenvalue weighted by Crippen LogP contribution is -2.13. The van der Waals surface area contributed by atoms with Gasteiger partial charge in [0.2, 0.25) is 5.75 Å². The van der Waals surface area contributed by atoms with Crippen LogP contribution in [-0.2, 0) is 0 Å². The van der Waals surface area contributed by atoms with Crippen molar-refractivity contribution in [2.45, 2.75) is 0 Å². The lowest BCUT2D eigenvalue weighted by Gasteiger charge is -2.11. The zero-order valence-electron chi connectivity index (χ0n) is 10.5. The summed E-state index contributed by atoms with van der Waals surface area (Å²) in [6.07, 6.45) is 0. The third-order valence-corrected chi connectivity index (χ3v) is 3.13. The molecule has 0 fully saturated rings. The van der Waals surface area contributed by atoms with E-state index in [1.165, 1.54) is 24.3 Å². The molecule has 0 aliphatic heterocycles. The zero-order valence-corrected chi connectivity index (χ0v) is 12.0. The molecule has 0 radical (unpaired) electrons. The summed E-state index contributed by atoms with van der Waals surface area (Å²) in [4.78, 5) is 10.4. The van der Waals surface area contributed by atoms with Crippen LogP contribution < -0.4 is 10.5 Å². The van der Waals surface area contributed by atoms with Crippen LogP contribution in [0.4, 0.5) is 5.69 Å². The van der Waals surface area contributed by atoms with Gasteiger partial charge in [-0.15, -0.1) is 0 Å². The van der Waals surface area contributed by atoms with Gasteiger partial charge in [0, 0.05) is 11.1 Å². The SMILES string of the molecule is N=C(N)c1c(Cl)cccc1Oc1ccc(Cl)cc1[N+](=O)[O-]. The summed E-state index contributed by atoms with van der Waals surface area (Å²) in [5, 5.41) is 19.0. The average molecular weight is 326 g/mol. The molecule has 0 amide bonds. The third kappa shape index (κ3) is 3.24. The Balaban J connectivity index is 2.51. The van der Waals surface area contributed by atoms with Gasteiger partial charge < -0.3 is 10.5 Å². The minimum Gasteiger partial charge on any atom is -0.449 e. The van der Waals surface area contributed by atoms with Crippen LogP contribution in [-0.4, -0.2) is 10.8 Å². The molecule has 0 saturated carbocycles. The lowest BCUT2D eigenvalue weighted by atomic mass is 10.2. The first kappa shape index (κ1) is 15.1. The van der Waals surface area contributed by atoms with Crippen molar-refractivity contribution in [3.05, 3.63) is 62.1 Å². The van der Waals surface area contributed by atoms with Gasteiger partial charge in [-0.3, -0.25) is 15.5 Å². The van der Waals surface area contributed by atoms with E-state index in [0.29, 0.717) is 0 Å². The van der Waals surface area contributed by atoms with E-state index in [1.807, 2.05) is 0 Å².